The van der Waals surface area contributed by atoms with Crippen LogP contribution in [0.1, 0.15) is 10.4 Å². The van der Waals surface area contributed by atoms with Crippen molar-refractivity contribution in [1.82, 2.24) is 9.88 Å². The van der Waals surface area contributed by atoms with Crippen molar-refractivity contribution in [3.63, 3.8) is 0 Å². The Morgan fingerprint density at radius 1 is 1.00 bits per heavy atom. The predicted molar refractivity (Wildman–Crippen MR) is 145 cm³/mol. The van der Waals surface area contributed by atoms with Crippen molar-refractivity contribution in [3.05, 3.63) is 78.4 Å². The molecule has 4 aromatic rings. The van der Waals surface area contributed by atoms with E-state index in [9.17, 15) is 4.79 Å². The van der Waals surface area contributed by atoms with Crippen LogP contribution in [0.25, 0.3) is 10.2 Å². The van der Waals surface area contributed by atoms with Crippen LogP contribution in [0.5, 0.6) is 17.2 Å². The highest BCUT2D eigenvalue weighted by atomic mass is 35.5. The van der Waals surface area contributed by atoms with Crippen molar-refractivity contribution in [1.29, 1.82) is 0 Å². The molecule has 1 aliphatic heterocycles. The molecular formula is C27H28ClN3O4S. The third-order valence-corrected chi connectivity index (χ3v) is 6.94. The number of morpholine rings is 1. The number of amides is 1. The SMILES string of the molecule is COc1ccc2sc(N(CCN3CCOCC3)C(=O)c3ccc(Oc4ccccc4)cc3)nc2c1.Cl. The molecule has 188 valence electrons. The molecule has 0 atom stereocenters. The quantitative estimate of drug-likeness (QED) is 0.303. The first-order chi connectivity index (χ1) is 17.2. The summed E-state index contributed by atoms with van der Waals surface area (Å²) in [5, 5.41) is 0.677. The van der Waals surface area contributed by atoms with E-state index in [2.05, 4.69) is 4.90 Å². The minimum atomic E-state index is -0.0875. The number of fused-ring (bicyclic) bond motifs is 1. The highest BCUT2D eigenvalue weighted by molar-refractivity contribution is 7.22. The second kappa shape index (κ2) is 12.2. The number of ether oxygens (including phenoxy) is 3. The number of carbonyl (C=O) groups is 1. The minimum Gasteiger partial charge on any atom is -0.497 e. The van der Waals surface area contributed by atoms with Gasteiger partial charge in [0.15, 0.2) is 5.13 Å². The van der Waals surface area contributed by atoms with Crippen molar-refractivity contribution >= 4 is 45.0 Å². The van der Waals surface area contributed by atoms with Gasteiger partial charge >= 0.3 is 0 Å². The van der Waals surface area contributed by atoms with E-state index in [0.717, 1.165) is 54.6 Å². The highest BCUT2D eigenvalue weighted by Gasteiger charge is 2.23. The van der Waals surface area contributed by atoms with Crippen LogP contribution >= 0.6 is 23.7 Å². The maximum Gasteiger partial charge on any atom is 0.260 e. The number of thiazole rings is 1. The van der Waals surface area contributed by atoms with Gasteiger partial charge in [0.25, 0.3) is 5.91 Å². The van der Waals surface area contributed by atoms with E-state index in [0.29, 0.717) is 23.0 Å². The van der Waals surface area contributed by atoms with E-state index in [4.69, 9.17) is 19.2 Å². The number of rotatable bonds is 8. The van der Waals surface area contributed by atoms with Crippen molar-refractivity contribution in [2.75, 3.05) is 51.4 Å². The summed E-state index contributed by atoms with van der Waals surface area (Å²) in [7, 11) is 1.64. The van der Waals surface area contributed by atoms with Crippen LogP contribution in [0.3, 0.4) is 0 Å². The van der Waals surface area contributed by atoms with Crippen molar-refractivity contribution in [2.24, 2.45) is 0 Å². The summed E-state index contributed by atoms with van der Waals surface area (Å²) >= 11 is 1.51. The number of methoxy groups -OCH3 is 1. The molecule has 0 N–H and O–H groups in total. The largest absolute Gasteiger partial charge is 0.497 e. The number of carbonyl (C=O) groups excluding carboxylic acids is 1. The van der Waals surface area contributed by atoms with Crippen LogP contribution in [-0.4, -0.2) is 62.3 Å². The monoisotopic (exact) mass is 525 g/mol. The Hall–Kier alpha value is -3.17. The minimum absolute atomic E-state index is 0. The molecule has 0 aliphatic carbocycles. The lowest BCUT2D eigenvalue weighted by atomic mass is 10.2. The lowest BCUT2D eigenvalue weighted by Gasteiger charge is -2.29. The Morgan fingerprint density at radius 2 is 1.69 bits per heavy atom. The Morgan fingerprint density at radius 3 is 2.42 bits per heavy atom. The first-order valence-corrected chi connectivity index (χ1v) is 12.4. The molecule has 0 bridgehead atoms. The van der Waals surface area contributed by atoms with E-state index in [-0.39, 0.29) is 18.3 Å². The second-order valence-corrected chi connectivity index (χ2v) is 9.19. The molecule has 1 saturated heterocycles. The van der Waals surface area contributed by atoms with E-state index in [1.807, 2.05) is 60.7 Å². The van der Waals surface area contributed by atoms with Gasteiger partial charge in [0.05, 0.1) is 30.5 Å². The number of halogens is 1. The third kappa shape index (κ3) is 6.14. The summed E-state index contributed by atoms with van der Waals surface area (Å²) in [5.41, 5.74) is 1.41. The molecule has 1 aliphatic rings. The average molecular weight is 526 g/mol. The standard InChI is InChI=1S/C27H27N3O4S.ClH/c1-32-23-11-12-25-24(19-23)28-27(35-25)30(14-13-29-15-17-33-18-16-29)26(31)20-7-9-22(10-8-20)34-21-5-3-2-4-6-21;/h2-12,19H,13-18H2,1H3;1H. The summed E-state index contributed by atoms with van der Waals surface area (Å²) in [5.74, 6) is 2.09. The first-order valence-electron chi connectivity index (χ1n) is 11.6. The number of benzene rings is 3. The molecule has 2 heterocycles. The lowest BCUT2D eigenvalue weighted by molar-refractivity contribution is 0.0391. The lowest BCUT2D eigenvalue weighted by Crippen LogP contribution is -2.43. The van der Waals surface area contributed by atoms with Gasteiger partial charge < -0.3 is 14.2 Å². The zero-order valence-corrected chi connectivity index (χ0v) is 21.6. The highest BCUT2D eigenvalue weighted by Crippen LogP contribution is 2.32. The molecule has 1 fully saturated rings. The van der Waals surface area contributed by atoms with E-state index in [1.54, 1.807) is 24.1 Å². The fraction of sp³-hybridized carbons (Fsp3) is 0.259. The summed E-state index contributed by atoms with van der Waals surface area (Å²) in [4.78, 5) is 22.5. The van der Waals surface area contributed by atoms with Crippen LogP contribution < -0.4 is 14.4 Å². The molecule has 0 radical (unpaired) electrons. The van der Waals surface area contributed by atoms with Gasteiger partial charge in [-0.2, -0.15) is 0 Å². The van der Waals surface area contributed by atoms with Gasteiger partial charge in [-0.25, -0.2) is 4.98 Å². The maximum atomic E-state index is 13.7. The number of para-hydroxylation sites is 1. The number of aromatic nitrogens is 1. The van der Waals surface area contributed by atoms with Gasteiger partial charge in [0.2, 0.25) is 0 Å². The fourth-order valence-electron chi connectivity index (χ4n) is 3.93. The van der Waals surface area contributed by atoms with Crippen LogP contribution in [0, 0.1) is 0 Å². The average Bonchev–Trinajstić information content (AvgIpc) is 3.33. The molecule has 1 aromatic heterocycles. The summed E-state index contributed by atoms with van der Waals surface area (Å²) in [6.07, 6.45) is 0. The van der Waals surface area contributed by atoms with Gasteiger partial charge in [0, 0.05) is 37.8 Å². The zero-order valence-electron chi connectivity index (χ0n) is 20.0. The molecule has 36 heavy (non-hydrogen) atoms. The summed E-state index contributed by atoms with van der Waals surface area (Å²) < 4.78 is 17.7. The summed E-state index contributed by atoms with van der Waals surface area (Å²) in [6, 6.07) is 22.6. The molecule has 5 rings (SSSR count). The predicted octanol–water partition coefficient (Wildman–Crippen LogP) is 5.50. The van der Waals surface area contributed by atoms with Gasteiger partial charge in [-0.3, -0.25) is 14.6 Å². The Kier molecular flexibility index (Phi) is 8.77. The van der Waals surface area contributed by atoms with Crippen LogP contribution in [0.4, 0.5) is 5.13 Å². The fourth-order valence-corrected chi connectivity index (χ4v) is 4.90. The van der Waals surface area contributed by atoms with E-state index >= 15 is 0 Å². The molecule has 7 nitrogen and oxygen atoms in total. The normalized spacial score (nSPS) is 13.7. The van der Waals surface area contributed by atoms with Crippen LogP contribution in [-0.2, 0) is 4.74 Å². The van der Waals surface area contributed by atoms with Gasteiger partial charge in [-0.15, -0.1) is 12.4 Å². The summed E-state index contributed by atoms with van der Waals surface area (Å²) in [6.45, 7) is 4.46. The number of hydrogen-bond acceptors (Lipinski definition) is 7. The number of nitrogens with zero attached hydrogens (tertiary/aromatic N) is 3. The number of hydrogen-bond donors (Lipinski definition) is 0. The molecule has 9 heteroatoms. The first kappa shape index (κ1) is 25.9. The van der Waals surface area contributed by atoms with Gasteiger partial charge in [-0.1, -0.05) is 29.5 Å². The van der Waals surface area contributed by atoms with Crippen molar-refractivity contribution in [3.8, 4) is 17.2 Å². The van der Waals surface area contributed by atoms with E-state index < -0.39 is 0 Å². The number of anilines is 1. The molecule has 0 unspecified atom stereocenters. The van der Waals surface area contributed by atoms with Gasteiger partial charge in [0.1, 0.15) is 17.2 Å². The topological polar surface area (TPSA) is 64.1 Å². The zero-order chi connectivity index (χ0) is 24.0. The van der Waals surface area contributed by atoms with E-state index in [1.165, 1.54) is 11.3 Å². The smallest absolute Gasteiger partial charge is 0.260 e. The third-order valence-electron chi connectivity index (χ3n) is 5.88. The second-order valence-electron chi connectivity index (χ2n) is 8.18. The molecule has 3 aromatic carbocycles. The van der Waals surface area contributed by atoms with Crippen molar-refractivity contribution in [2.45, 2.75) is 0 Å². The molecular weight excluding hydrogens is 498 g/mol. The van der Waals surface area contributed by atoms with Crippen LogP contribution in [0.2, 0.25) is 0 Å². The Bertz CT molecular complexity index is 1280. The molecule has 0 saturated carbocycles. The molecule has 0 spiro atoms. The Balaban J connectivity index is 0.00000304. The van der Waals surface area contributed by atoms with Gasteiger partial charge in [-0.05, 0) is 48.5 Å². The van der Waals surface area contributed by atoms with Crippen molar-refractivity contribution < 1.29 is 19.0 Å². The molecule has 1 amide bonds. The van der Waals surface area contributed by atoms with Crippen LogP contribution in [0.15, 0.2) is 72.8 Å². The maximum absolute atomic E-state index is 13.7. The Labute approximate surface area is 220 Å².